The van der Waals surface area contributed by atoms with Crippen LogP contribution in [0.4, 0.5) is 4.39 Å². The van der Waals surface area contributed by atoms with E-state index in [0.717, 1.165) is 5.56 Å². The van der Waals surface area contributed by atoms with Gasteiger partial charge in [-0.1, -0.05) is 12.1 Å². The molecule has 1 fully saturated rings. The van der Waals surface area contributed by atoms with Gasteiger partial charge in [-0.15, -0.1) is 0 Å². The number of esters is 1. The first-order valence-electron chi connectivity index (χ1n) is 5.65. The van der Waals surface area contributed by atoms with Crippen LogP contribution in [0.1, 0.15) is 24.3 Å². The zero-order chi connectivity index (χ0) is 12.5. The van der Waals surface area contributed by atoms with Crippen molar-refractivity contribution in [2.45, 2.75) is 18.8 Å². The SMILES string of the molecule is COC(=O)C1(CN)CC(c2ccc(F)cc2)C1. The highest BCUT2D eigenvalue weighted by Crippen LogP contribution is 2.51. The molecule has 1 saturated carbocycles. The molecule has 0 amide bonds. The number of nitrogens with two attached hydrogens (primary N) is 1. The predicted molar refractivity (Wildman–Crippen MR) is 61.9 cm³/mol. The van der Waals surface area contributed by atoms with Crippen molar-refractivity contribution in [1.29, 1.82) is 0 Å². The van der Waals surface area contributed by atoms with Gasteiger partial charge in [-0.25, -0.2) is 4.39 Å². The van der Waals surface area contributed by atoms with Crippen molar-refractivity contribution < 1.29 is 13.9 Å². The molecule has 0 bridgehead atoms. The summed E-state index contributed by atoms with van der Waals surface area (Å²) in [5.41, 5.74) is 6.17. The summed E-state index contributed by atoms with van der Waals surface area (Å²) >= 11 is 0. The van der Waals surface area contributed by atoms with Gasteiger partial charge < -0.3 is 10.5 Å². The molecule has 0 aromatic heterocycles. The third kappa shape index (κ3) is 2.05. The number of carbonyl (C=O) groups is 1. The number of carbonyl (C=O) groups excluding carboxylic acids is 1. The maximum absolute atomic E-state index is 12.8. The van der Waals surface area contributed by atoms with Crippen LogP contribution in [0.5, 0.6) is 0 Å². The zero-order valence-corrected chi connectivity index (χ0v) is 9.78. The fourth-order valence-electron chi connectivity index (χ4n) is 2.49. The number of hydrogen-bond acceptors (Lipinski definition) is 3. The van der Waals surface area contributed by atoms with Crippen LogP contribution in [0.3, 0.4) is 0 Å². The molecule has 3 nitrogen and oxygen atoms in total. The van der Waals surface area contributed by atoms with Gasteiger partial charge in [0.25, 0.3) is 0 Å². The van der Waals surface area contributed by atoms with Crippen LogP contribution in [-0.4, -0.2) is 19.6 Å². The fourth-order valence-corrected chi connectivity index (χ4v) is 2.49. The third-order valence-corrected chi connectivity index (χ3v) is 3.62. The van der Waals surface area contributed by atoms with E-state index >= 15 is 0 Å². The number of hydrogen-bond donors (Lipinski definition) is 1. The van der Waals surface area contributed by atoms with E-state index in [0.29, 0.717) is 19.4 Å². The molecule has 0 radical (unpaired) electrons. The van der Waals surface area contributed by atoms with Crippen molar-refractivity contribution in [3.63, 3.8) is 0 Å². The molecular weight excluding hydrogens is 221 g/mol. The van der Waals surface area contributed by atoms with Gasteiger partial charge in [0.1, 0.15) is 5.82 Å². The van der Waals surface area contributed by atoms with E-state index in [-0.39, 0.29) is 17.7 Å². The molecular formula is C13H16FNO2. The Hall–Kier alpha value is -1.42. The Morgan fingerprint density at radius 2 is 2.06 bits per heavy atom. The largest absolute Gasteiger partial charge is 0.469 e. The minimum Gasteiger partial charge on any atom is -0.469 e. The first kappa shape index (κ1) is 12.0. The van der Waals surface area contributed by atoms with E-state index in [1.165, 1.54) is 19.2 Å². The quantitative estimate of drug-likeness (QED) is 0.816. The summed E-state index contributed by atoms with van der Waals surface area (Å²) in [5, 5.41) is 0. The monoisotopic (exact) mass is 237 g/mol. The average Bonchev–Trinajstić information content (AvgIpc) is 2.30. The summed E-state index contributed by atoms with van der Waals surface area (Å²) in [5.74, 6) is -0.206. The van der Waals surface area contributed by atoms with E-state index in [4.69, 9.17) is 10.5 Å². The normalized spacial score (nSPS) is 27.4. The van der Waals surface area contributed by atoms with Crippen molar-refractivity contribution >= 4 is 5.97 Å². The number of benzene rings is 1. The Morgan fingerprint density at radius 1 is 1.47 bits per heavy atom. The Balaban J connectivity index is 2.06. The molecule has 17 heavy (non-hydrogen) atoms. The second-order valence-electron chi connectivity index (χ2n) is 4.63. The lowest BCUT2D eigenvalue weighted by molar-refractivity contribution is -0.158. The van der Waals surface area contributed by atoms with E-state index in [2.05, 4.69) is 0 Å². The highest BCUT2D eigenvalue weighted by atomic mass is 19.1. The third-order valence-electron chi connectivity index (χ3n) is 3.62. The van der Waals surface area contributed by atoms with Crippen LogP contribution in [0.2, 0.25) is 0 Å². The summed E-state index contributed by atoms with van der Waals surface area (Å²) in [7, 11) is 1.38. The van der Waals surface area contributed by atoms with Gasteiger partial charge in [0.05, 0.1) is 12.5 Å². The number of rotatable bonds is 3. The molecule has 1 aromatic carbocycles. The van der Waals surface area contributed by atoms with Crippen LogP contribution in [-0.2, 0) is 9.53 Å². The molecule has 92 valence electrons. The van der Waals surface area contributed by atoms with Crippen LogP contribution in [0.25, 0.3) is 0 Å². The Kier molecular flexibility index (Phi) is 3.15. The van der Waals surface area contributed by atoms with Gasteiger partial charge in [-0.2, -0.15) is 0 Å². The van der Waals surface area contributed by atoms with Gasteiger partial charge >= 0.3 is 5.97 Å². The molecule has 2 N–H and O–H groups in total. The first-order chi connectivity index (χ1) is 8.11. The average molecular weight is 237 g/mol. The summed E-state index contributed by atoms with van der Waals surface area (Å²) in [6.45, 7) is 0.303. The molecule has 1 aromatic rings. The van der Waals surface area contributed by atoms with E-state index in [9.17, 15) is 9.18 Å². The first-order valence-corrected chi connectivity index (χ1v) is 5.65. The van der Waals surface area contributed by atoms with Crippen molar-refractivity contribution in [2.75, 3.05) is 13.7 Å². The maximum atomic E-state index is 12.8. The molecule has 0 heterocycles. The fraction of sp³-hybridized carbons (Fsp3) is 0.462. The lowest BCUT2D eigenvalue weighted by Crippen LogP contribution is -2.48. The van der Waals surface area contributed by atoms with E-state index in [1.807, 2.05) is 0 Å². The standard InChI is InChI=1S/C13H16FNO2/c1-17-12(16)13(8-15)6-10(7-13)9-2-4-11(14)5-3-9/h2-5,10H,6-8,15H2,1H3. The lowest BCUT2D eigenvalue weighted by atomic mass is 9.60. The van der Waals surface area contributed by atoms with Crippen molar-refractivity contribution in [3.05, 3.63) is 35.6 Å². The summed E-state index contributed by atoms with van der Waals surface area (Å²) in [6, 6.07) is 6.40. The van der Waals surface area contributed by atoms with Gasteiger partial charge in [0.2, 0.25) is 0 Å². The lowest BCUT2D eigenvalue weighted by Gasteiger charge is -2.44. The van der Waals surface area contributed by atoms with Crippen LogP contribution in [0.15, 0.2) is 24.3 Å². The molecule has 0 saturated heterocycles. The zero-order valence-electron chi connectivity index (χ0n) is 9.78. The van der Waals surface area contributed by atoms with Gasteiger partial charge in [-0.05, 0) is 36.5 Å². The second kappa shape index (κ2) is 4.45. The highest BCUT2D eigenvalue weighted by molar-refractivity contribution is 5.78. The molecule has 1 aliphatic carbocycles. The van der Waals surface area contributed by atoms with Crippen LogP contribution in [0, 0.1) is 11.2 Å². The van der Waals surface area contributed by atoms with Crippen LogP contribution >= 0.6 is 0 Å². The molecule has 0 unspecified atom stereocenters. The van der Waals surface area contributed by atoms with Crippen LogP contribution < -0.4 is 5.73 Å². The molecule has 0 spiro atoms. The Bertz CT molecular complexity index is 410. The van der Waals surface area contributed by atoms with Crippen molar-refractivity contribution in [1.82, 2.24) is 0 Å². The van der Waals surface area contributed by atoms with E-state index in [1.54, 1.807) is 12.1 Å². The second-order valence-corrected chi connectivity index (χ2v) is 4.63. The predicted octanol–water partition coefficient (Wildman–Crippen LogP) is 1.82. The molecule has 2 rings (SSSR count). The van der Waals surface area contributed by atoms with Gasteiger partial charge in [-0.3, -0.25) is 4.79 Å². The molecule has 4 heteroatoms. The topological polar surface area (TPSA) is 52.3 Å². The van der Waals surface area contributed by atoms with Gasteiger partial charge in [0.15, 0.2) is 0 Å². The summed E-state index contributed by atoms with van der Waals surface area (Å²) in [6.07, 6.45) is 1.36. The summed E-state index contributed by atoms with van der Waals surface area (Å²) < 4.78 is 17.6. The molecule has 0 atom stereocenters. The van der Waals surface area contributed by atoms with Crippen molar-refractivity contribution in [2.24, 2.45) is 11.1 Å². The van der Waals surface area contributed by atoms with E-state index < -0.39 is 5.41 Å². The highest BCUT2D eigenvalue weighted by Gasteiger charge is 2.50. The van der Waals surface area contributed by atoms with Gasteiger partial charge in [0, 0.05) is 6.54 Å². The minimum absolute atomic E-state index is 0.238. The smallest absolute Gasteiger partial charge is 0.313 e. The maximum Gasteiger partial charge on any atom is 0.313 e. The number of ether oxygens (including phenoxy) is 1. The Labute approximate surface area is 99.8 Å². The summed E-state index contributed by atoms with van der Waals surface area (Å²) in [4.78, 5) is 11.6. The number of methoxy groups -OCH3 is 1. The number of halogens is 1. The molecule has 1 aliphatic rings. The van der Waals surface area contributed by atoms with Crippen molar-refractivity contribution in [3.8, 4) is 0 Å². The minimum atomic E-state index is -0.534. The molecule has 0 aliphatic heterocycles. The Morgan fingerprint density at radius 3 is 2.53 bits per heavy atom.